The molecule has 1 heterocycles. The summed E-state index contributed by atoms with van der Waals surface area (Å²) >= 11 is 0. The maximum Gasteiger partial charge on any atom is 0.697 e. The molecule has 1 aromatic heterocycles. The Hall–Kier alpha value is -1.35. The molecular weight excluding hydrogens is 237 g/mol. The number of pyridine rings is 1. The molecule has 0 radical (unpaired) electrons. The van der Waals surface area contributed by atoms with Gasteiger partial charge in [0.25, 0.3) is 0 Å². The molecule has 0 bridgehead atoms. The van der Waals surface area contributed by atoms with Crippen molar-refractivity contribution in [2.45, 2.75) is 6.54 Å². The first-order chi connectivity index (χ1) is 8.31. The van der Waals surface area contributed by atoms with Gasteiger partial charge in [-0.05, 0) is 12.1 Å². The average molecular weight is 251 g/mol. The Morgan fingerprint density at radius 2 is 2.00 bits per heavy atom. The van der Waals surface area contributed by atoms with Crippen molar-refractivity contribution in [1.29, 1.82) is 0 Å². The van der Waals surface area contributed by atoms with Crippen LogP contribution < -0.4 is 4.57 Å². The predicted octanol–water partition coefficient (Wildman–Crippen LogP) is 2.45. The van der Waals surface area contributed by atoms with E-state index in [-0.39, 0.29) is 0 Å². The lowest BCUT2D eigenvalue weighted by Crippen LogP contribution is -2.35. The first-order valence-corrected chi connectivity index (χ1v) is 6.42. The van der Waals surface area contributed by atoms with Crippen LogP contribution in [0.3, 0.4) is 0 Å². The van der Waals surface area contributed by atoms with Gasteiger partial charge in [-0.25, -0.2) is 0 Å². The summed E-state index contributed by atoms with van der Waals surface area (Å²) in [5, 5.41) is 1.17. The van der Waals surface area contributed by atoms with E-state index in [1.807, 2.05) is 30.5 Å². The zero-order chi connectivity index (χ0) is 12.1. The van der Waals surface area contributed by atoms with Gasteiger partial charge in [-0.2, -0.15) is 4.57 Å². The van der Waals surface area contributed by atoms with Gasteiger partial charge in [-0.1, -0.05) is 12.1 Å². The monoisotopic (exact) mass is 251 g/mol. The average Bonchev–Trinajstić information content (AvgIpc) is 2.39. The van der Waals surface area contributed by atoms with E-state index in [1.54, 1.807) is 0 Å². The minimum atomic E-state index is -1.98. The van der Waals surface area contributed by atoms with Crippen molar-refractivity contribution in [3.05, 3.63) is 42.6 Å². The van der Waals surface area contributed by atoms with Gasteiger partial charge < -0.3 is 0 Å². The van der Waals surface area contributed by atoms with Gasteiger partial charge in [-0.15, -0.1) is 9.05 Å². The van der Waals surface area contributed by atoms with E-state index in [1.165, 1.54) is 12.5 Å². The lowest BCUT2D eigenvalue weighted by Gasteiger charge is -1.98. The van der Waals surface area contributed by atoms with Crippen LogP contribution in [0.5, 0.6) is 0 Å². The van der Waals surface area contributed by atoms with Crippen LogP contribution in [0.15, 0.2) is 42.6 Å². The van der Waals surface area contributed by atoms with Crippen molar-refractivity contribution in [1.82, 2.24) is 0 Å². The Bertz CT molecular complexity index is 525. The molecule has 2 aromatic rings. The summed E-state index contributed by atoms with van der Waals surface area (Å²) in [5.74, 6) is 0. The number of nitrogens with zero attached hydrogens (tertiary/aromatic N) is 1. The molecule has 5 heteroatoms. The first kappa shape index (κ1) is 12.1. The van der Waals surface area contributed by atoms with E-state index in [4.69, 9.17) is 4.52 Å². The van der Waals surface area contributed by atoms with Crippen LogP contribution >= 0.6 is 8.25 Å². The van der Waals surface area contributed by atoms with Crippen molar-refractivity contribution in [2.24, 2.45) is 0 Å². The third-order valence-corrected chi connectivity index (χ3v) is 3.16. The number of para-hydroxylation sites is 1. The Labute approximate surface area is 101 Å². The number of hydrogen-bond acceptors (Lipinski definition) is 3. The maximum atomic E-state index is 11.0. The SMILES string of the molecule is CO[P+](=O)OCC[n+]1cccc2ccccc21. The summed E-state index contributed by atoms with van der Waals surface area (Å²) in [6, 6.07) is 12.1. The zero-order valence-electron chi connectivity index (χ0n) is 9.57. The summed E-state index contributed by atoms with van der Waals surface area (Å²) in [7, 11) is -0.616. The molecule has 4 nitrogen and oxygen atoms in total. The standard InChI is InChI=1S/C12H14NO3P/c1-15-17(14)16-10-9-13-8-4-6-11-5-2-3-7-12(11)13/h2-8H,9-10H2,1H3/q+2. The van der Waals surface area contributed by atoms with Crippen LogP contribution in [0.1, 0.15) is 0 Å². The quantitative estimate of drug-likeness (QED) is 0.605. The molecule has 2 rings (SSSR count). The van der Waals surface area contributed by atoms with E-state index in [2.05, 4.69) is 21.2 Å². The first-order valence-electron chi connectivity index (χ1n) is 5.33. The normalized spacial score (nSPS) is 11.7. The number of benzene rings is 1. The summed E-state index contributed by atoms with van der Waals surface area (Å²) in [6.07, 6.45) is 1.98. The van der Waals surface area contributed by atoms with Crippen molar-refractivity contribution in [3.63, 3.8) is 0 Å². The Morgan fingerprint density at radius 1 is 1.24 bits per heavy atom. The zero-order valence-corrected chi connectivity index (χ0v) is 10.5. The van der Waals surface area contributed by atoms with E-state index >= 15 is 0 Å². The number of hydrogen-bond donors (Lipinski definition) is 0. The molecule has 1 atom stereocenters. The Morgan fingerprint density at radius 3 is 2.82 bits per heavy atom. The molecule has 17 heavy (non-hydrogen) atoms. The molecule has 0 N–H and O–H groups in total. The molecule has 0 aliphatic rings. The summed E-state index contributed by atoms with van der Waals surface area (Å²) in [4.78, 5) is 0. The van der Waals surface area contributed by atoms with E-state index in [0.29, 0.717) is 13.2 Å². The third kappa shape index (κ3) is 3.07. The van der Waals surface area contributed by atoms with Crippen molar-refractivity contribution >= 4 is 19.2 Å². The van der Waals surface area contributed by atoms with E-state index < -0.39 is 8.25 Å². The molecule has 1 unspecified atom stereocenters. The van der Waals surface area contributed by atoms with Gasteiger partial charge >= 0.3 is 8.25 Å². The fourth-order valence-electron chi connectivity index (χ4n) is 1.68. The van der Waals surface area contributed by atoms with Gasteiger partial charge in [0.05, 0.1) is 7.11 Å². The molecule has 0 amide bonds. The highest BCUT2D eigenvalue weighted by Gasteiger charge is 2.18. The molecule has 0 fully saturated rings. The Kier molecular flexibility index (Phi) is 4.15. The lowest BCUT2D eigenvalue weighted by atomic mass is 10.2. The van der Waals surface area contributed by atoms with Crippen LogP contribution in [0.25, 0.3) is 10.9 Å². The molecule has 88 valence electrons. The highest BCUT2D eigenvalue weighted by molar-refractivity contribution is 7.33. The van der Waals surface area contributed by atoms with Gasteiger partial charge in [0.15, 0.2) is 19.3 Å². The van der Waals surface area contributed by atoms with Crippen molar-refractivity contribution < 1.29 is 18.2 Å². The van der Waals surface area contributed by atoms with E-state index in [9.17, 15) is 4.57 Å². The van der Waals surface area contributed by atoms with Crippen LogP contribution in [0, 0.1) is 0 Å². The lowest BCUT2D eigenvalue weighted by molar-refractivity contribution is -0.672. The second-order valence-corrected chi connectivity index (χ2v) is 4.57. The van der Waals surface area contributed by atoms with Gasteiger partial charge in [0, 0.05) is 22.1 Å². The highest BCUT2D eigenvalue weighted by Crippen LogP contribution is 2.20. The predicted molar refractivity (Wildman–Crippen MR) is 64.7 cm³/mol. The van der Waals surface area contributed by atoms with Crippen LogP contribution in [0.4, 0.5) is 0 Å². The minimum absolute atomic E-state index is 0.363. The highest BCUT2D eigenvalue weighted by atomic mass is 31.1. The van der Waals surface area contributed by atoms with Gasteiger partial charge in [-0.3, -0.25) is 0 Å². The number of aromatic nitrogens is 1. The number of fused-ring (bicyclic) bond motifs is 1. The summed E-state index contributed by atoms with van der Waals surface area (Å²) in [6.45, 7) is 1.01. The van der Waals surface area contributed by atoms with E-state index in [0.717, 1.165) is 5.52 Å². The second-order valence-electron chi connectivity index (χ2n) is 3.50. The molecule has 0 aliphatic carbocycles. The third-order valence-electron chi connectivity index (χ3n) is 2.47. The molecule has 1 aromatic carbocycles. The molecular formula is C12H14NO3P+2. The number of rotatable bonds is 5. The largest absolute Gasteiger partial charge is 0.697 e. The topological polar surface area (TPSA) is 39.4 Å². The van der Waals surface area contributed by atoms with Gasteiger partial charge in [0.2, 0.25) is 5.52 Å². The van der Waals surface area contributed by atoms with Crippen LogP contribution in [0.2, 0.25) is 0 Å². The maximum absolute atomic E-state index is 11.0. The molecule has 0 aliphatic heterocycles. The minimum Gasteiger partial charge on any atom is -0.196 e. The van der Waals surface area contributed by atoms with Gasteiger partial charge in [0.1, 0.15) is 0 Å². The second kappa shape index (κ2) is 5.82. The molecule has 0 saturated carbocycles. The smallest absolute Gasteiger partial charge is 0.196 e. The summed E-state index contributed by atoms with van der Waals surface area (Å²) in [5.41, 5.74) is 1.13. The van der Waals surface area contributed by atoms with Crippen LogP contribution in [-0.4, -0.2) is 13.7 Å². The fourth-order valence-corrected chi connectivity index (χ4v) is 2.02. The van der Waals surface area contributed by atoms with Crippen LogP contribution in [-0.2, 0) is 20.2 Å². The van der Waals surface area contributed by atoms with Crippen molar-refractivity contribution in [2.75, 3.05) is 13.7 Å². The van der Waals surface area contributed by atoms with Crippen molar-refractivity contribution in [3.8, 4) is 0 Å². The molecule has 0 spiro atoms. The molecule has 0 saturated heterocycles. The summed E-state index contributed by atoms with van der Waals surface area (Å²) < 4.78 is 22.6. The Balaban J connectivity index is 2.11. The fraction of sp³-hybridized carbons (Fsp3) is 0.250.